The van der Waals surface area contributed by atoms with Gasteiger partial charge < -0.3 is 14.6 Å². The molecule has 0 bridgehead atoms. The number of thioether (sulfide) groups is 1. The van der Waals surface area contributed by atoms with E-state index in [0.717, 1.165) is 11.8 Å². The summed E-state index contributed by atoms with van der Waals surface area (Å²) in [5, 5.41) is 7.77. The lowest BCUT2D eigenvalue weighted by molar-refractivity contribution is -0.136. The third-order valence-electron chi connectivity index (χ3n) is 2.02. The van der Waals surface area contributed by atoms with Crippen LogP contribution in [0.4, 0.5) is 4.79 Å². The van der Waals surface area contributed by atoms with Crippen molar-refractivity contribution < 1.29 is 29.0 Å². The molecule has 0 unspecified atom stereocenters. The minimum atomic E-state index is -0.990. The monoisotopic (exact) mass is 284 g/mol. The summed E-state index contributed by atoms with van der Waals surface area (Å²) >= 11 is 0.734. The maximum atomic E-state index is 11.5. The third-order valence-corrected chi connectivity index (χ3v) is 2.75. The van der Waals surface area contributed by atoms with Crippen LogP contribution in [-0.2, 0) is 9.53 Å². The van der Waals surface area contributed by atoms with Gasteiger partial charge in [-0.25, -0.2) is 9.59 Å². The Hall–Kier alpha value is -2.02. The molecule has 0 aliphatic carbocycles. The Balaban J connectivity index is 2.64. The average Bonchev–Trinajstić information content (AvgIpc) is 2.38. The number of benzene rings is 1. The predicted molar refractivity (Wildman–Crippen MR) is 68.5 cm³/mol. The highest BCUT2D eigenvalue weighted by atomic mass is 32.2. The number of para-hydroxylation sites is 1. The van der Waals surface area contributed by atoms with Crippen LogP contribution < -0.4 is 4.74 Å². The first kappa shape index (κ1) is 15.0. The molecule has 0 aromatic heterocycles. The Morgan fingerprint density at radius 2 is 1.95 bits per heavy atom. The predicted octanol–water partition coefficient (Wildman–Crippen LogP) is 2.18. The lowest BCUT2D eigenvalue weighted by Gasteiger charge is -2.07. The van der Waals surface area contributed by atoms with Crippen molar-refractivity contribution in [3.8, 4) is 5.75 Å². The summed E-state index contributed by atoms with van der Waals surface area (Å²) in [7, 11) is 1.22. The smallest absolute Gasteiger partial charge is 0.372 e. The molecule has 0 atom stereocenters. The number of aliphatic carboxylic acids is 1. The van der Waals surface area contributed by atoms with Crippen LogP contribution in [-0.4, -0.2) is 35.2 Å². The standard InChI is InChI=1S/C12H12O6S/c1-17-11(15)8-4-2-3-5-9(8)18-12(16)19-7-6-10(13)14/h2-5H,6-7H2,1H3,(H,13,14). The van der Waals surface area contributed by atoms with Crippen molar-refractivity contribution in [1.29, 1.82) is 0 Å². The number of ether oxygens (including phenoxy) is 2. The highest BCUT2D eigenvalue weighted by molar-refractivity contribution is 8.13. The highest BCUT2D eigenvalue weighted by Gasteiger charge is 2.15. The van der Waals surface area contributed by atoms with Gasteiger partial charge in [-0.3, -0.25) is 4.79 Å². The quantitative estimate of drug-likeness (QED) is 0.829. The molecule has 0 fully saturated rings. The molecular formula is C12H12O6S. The number of esters is 1. The molecule has 19 heavy (non-hydrogen) atoms. The Morgan fingerprint density at radius 1 is 1.26 bits per heavy atom. The van der Waals surface area contributed by atoms with Gasteiger partial charge in [0.05, 0.1) is 13.5 Å². The van der Waals surface area contributed by atoms with Crippen LogP contribution in [0.1, 0.15) is 16.8 Å². The fraction of sp³-hybridized carbons (Fsp3) is 0.250. The van der Waals surface area contributed by atoms with E-state index in [0.29, 0.717) is 0 Å². The zero-order valence-electron chi connectivity index (χ0n) is 10.1. The maximum absolute atomic E-state index is 11.5. The van der Waals surface area contributed by atoms with Gasteiger partial charge in [-0.1, -0.05) is 12.1 Å². The Kier molecular flexibility index (Phi) is 5.87. The van der Waals surface area contributed by atoms with E-state index >= 15 is 0 Å². The average molecular weight is 284 g/mol. The molecule has 7 heteroatoms. The summed E-state index contributed by atoms with van der Waals surface area (Å²) in [5.41, 5.74) is 0.136. The maximum Gasteiger partial charge on any atom is 0.372 e. The van der Waals surface area contributed by atoms with E-state index in [9.17, 15) is 14.4 Å². The number of carboxylic acid groups (broad SMARTS) is 1. The molecule has 1 rings (SSSR count). The van der Waals surface area contributed by atoms with Crippen molar-refractivity contribution in [3.63, 3.8) is 0 Å². The number of carboxylic acids is 1. The van der Waals surface area contributed by atoms with Gasteiger partial charge in [0.15, 0.2) is 0 Å². The number of hydrogen-bond acceptors (Lipinski definition) is 6. The van der Waals surface area contributed by atoms with E-state index in [2.05, 4.69) is 4.74 Å². The molecule has 0 heterocycles. The molecule has 0 aliphatic heterocycles. The first-order valence-corrected chi connectivity index (χ1v) is 6.27. The first-order valence-electron chi connectivity index (χ1n) is 5.28. The van der Waals surface area contributed by atoms with Gasteiger partial charge in [-0.15, -0.1) is 0 Å². The van der Waals surface area contributed by atoms with Crippen LogP contribution in [0.15, 0.2) is 24.3 Å². The molecule has 0 amide bonds. The van der Waals surface area contributed by atoms with Gasteiger partial charge in [0.1, 0.15) is 11.3 Å². The second kappa shape index (κ2) is 7.42. The number of carbonyl (C=O) groups excluding carboxylic acids is 2. The first-order chi connectivity index (χ1) is 9.04. The van der Waals surface area contributed by atoms with Crippen molar-refractivity contribution in [2.24, 2.45) is 0 Å². The molecule has 1 N–H and O–H groups in total. The summed E-state index contributed by atoms with van der Waals surface area (Å²) in [5.74, 6) is -1.41. The van der Waals surface area contributed by atoms with Crippen LogP contribution in [0.5, 0.6) is 5.75 Å². The van der Waals surface area contributed by atoms with Gasteiger partial charge in [0, 0.05) is 5.75 Å². The van der Waals surface area contributed by atoms with Crippen molar-refractivity contribution in [3.05, 3.63) is 29.8 Å². The van der Waals surface area contributed by atoms with E-state index < -0.39 is 17.2 Å². The lowest BCUT2D eigenvalue weighted by Crippen LogP contribution is -2.09. The SMILES string of the molecule is COC(=O)c1ccccc1OC(=O)SCCC(=O)O. The van der Waals surface area contributed by atoms with Crippen LogP contribution >= 0.6 is 11.8 Å². The van der Waals surface area contributed by atoms with Crippen molar-refractivity contribution in [1.82, 2.24) is 0 Å². The van der Waals surface area contributed by atoms with Crippen LogP contribution in [0.3, 0.4) is 0 Å². The molecule has 0 aliphatic rings. The molecule has 1 aromatic rings. The number of methoxy groups -OCH3 is 1. The fourth-order valence-corrected chi connectivity index (χ4v) is 1.77. The molecule has 1 aromatic carbocycles. The second-order valence-electron chi connectivity index (χ2n) is 3.33. The van der Waals surface area contributed by atoms with Gasteiger partial charge >= 0.3 is 17.2 Å². The molecule has 6 nitrogen and oxygen atoms in total. The van der Waals surface area contributed by atoms with Crippen LogP contribution in [0.2, 0.25) is 0 Å². The summed E-state index contributed by atoms with van der Waals surface area (Å²) < 4.78 is 9.54. The van der Waals surface area contributed by atoms with Crippen molar-refractivity contribution in [2.45, 2.75) is 6.42 Å². The largest absolute Gasteiger partial charge is 0.481 e. The third kappa shape index (κ3) is 5.01. The van der Waals surface area contributed by atoms with Gasteiger partial charge in [0.2, 0.25) is 0 Å². The summed E-state index contributed by atoms with van der Waals surface area (Å²) in [6.45, 7) is 0. The highest BCUT2D eigenvalue weighted by Crippen LogP contribution is 2.21. The molecule has 0 radical (unpaired) electrons. The Labute approximate surface area is 113 Å². The summed E-state index contributed by atoms with van der Waals surface area (Å²) in [6.07, 6.45) is -0.140. The summed E-state index contributed by atoms with van der Waals surface area (Å²) in [6, 6.07) is 6.15. The number of carbonyl (C=O) groups is 3. The summed E-state index contributed by atoms with van der Waals surface area (Å²) in [4.78, 5) is 33.2. The van der Waals surface area contributed by atoms with E-state index in [4.69, 9.17) is 9.84 Å². The van der Waals surface area contributed by atoms with Crippen molar-refractivity contribution in [2.75, 3.05) is 12.9 Å². The van der Waals surface area contributed by atoms with E-state index in [1.807, 2.05) is 0 Å². The van der Waals surface area contributed by atoms with Crippen molar-refractivity contribution >= 4 is 29.0 Å². The Morgan fingerprint density at radius 3 is 2.58 bits per heavy atom. The fourth-order valence-electron chi connectivity index (χ4n) is 1.18. The van der Waals surface area contributed by atoms with Gasteiger partial charge in [-0.05, 0) is 23.9 Å². The molecular weight excluding hydrogens is 272 g/mol. The minimum Gasteiger partial charge on any atom is -0.481 e. The van der Waals surface area contributed by atoms with E-state index in [1.165, 1.54) is 19.2 Å². The minimum absolute atomic E-state index is 0.0853. The lowest BCUT2D eigenvalue weighted by atomic mass is 10.2. The molecule has 0 spiro atoms. The number of rotatable bonds is 5. The topological polar surface area (TPSA) is 89.9 Å². The normalized spacial score (nSPS) is 9.74. The molecule has 0 saturated heterocycles. The van der Waals surface area contributed by atoms with Gasteiger partial charge in [-0.2, -0.15) is 0 Å². The van der Waals surface area contributed by atoms with Crippen LogP contribution in [0, 0.1) is 0 Å². The van der Waals surface area contributed by atoms with E-state index in [1.54, 1.807) is 12.1 Å². The molecule has 0 saturated carbocycles. The van der Waals surface area contributed by atoms with E-state index in [-0.39, 0.29) is 23.5 Å². The zero-order chi connectivity index (χ0) is 14.3. The second-order valence-corrected chi connectivity index (χ2v) is 4.36. The van der Waals surface area contributed by atoms with Gasteiger partial charge in [0.25, 0.3) is 0 Å². The number of hydrogen-bond donors (Lipinski definition) is 1. The zero-order valence-corrected chi connectivity index (χ0v) is 10.9. The Bertz CT molecular complexity index is 485. The van der Waals surface area contributed by atoms with Crippen LogP contribution in [0.25, 0.3) is 0 Å². The molecule has 102 valence electrons.